The van der Waals surface area contributed by atoms with E-state index in [1.807, 2.05) is 26.8 Å². The monoisotopic (exact) mass is 341 g/mol. The molecule has 0 fully saturated rings. The Morgan fingerprint density at radius 1 is 1.56 bits per heavy atom. The first-order valence-electron chi connectivity index (χ1n) is 5.23. The summed E-state index contributed by atoms with van der Waals surface area (Å²) in [6.45, 7) is 7.68. The fraction of sp³-hybridized carbons (Fsp3) is 0.727. The number of hydrogen-bond donors (Lipinski definition) is 2. The van der Waals surface area contributed by atoms with Crippen molar-refractivity contribution in [1.82, 2.24) is 5.32 Å². The minimum Gasteiger partial charge on any atom is -0.444 e. The van der Waals surface area contributed by atoms with E-state index in [-0.39, 0.29) is 0 Å². The van der Waals surface area contributed by atoms with Crippen molar-refractivity contribution in [2.45, 2.75) is 45.8 Å². The van der Waals surface area contributed by atoms with E-state index in [1.54, 1.807) is 6.92 Å². The van der Waals surface area contributed by atoms with Gasteiger partial charge in [0, 0.05) is 10.1 Å². The lowest BCUT2D eigenvalue weighted by Crippen LogP contribution is -2.32. The van der Waals surface area contributed by atoms with Gasteiger partial charge in [0.15, 0.2) is 0 Å². The van der Waals surface area contributed by atoms with Gasteiger partial charge >= 0.3 is 6.09 Å². The predicted molar refractivity (Wildman–Crippen MR) is 72.6 cm³/mol. The molecule has 5 heteroatoms. The maximum Gasteiger partial charge on any atom is 0.407 e. The van der Waals surface area contributed by atoms with Gasteiger partial charge < -0.3 is 15.2 Å². The normalized spacial score (nSPS) is 14.5. The number of carbonyl (C=O) groups excluding carboxylic acids is 1. The van der Waals surface area contributed by atoms with Crippen LogP contribution in [0.15, 0.2) is 9.66 Å². The third-order valence-electron chi connectivity index (χ3n) is 1.55. The van der Waals surface area contributed by atoms with Crippen LogP contribution in [0.5, 0.6) is 0 Å². The topological polar surface area (TPSA) is 58.6 Å². The Morgan fingerprint density at radius 2 is 2.12 bits per heavy atom. The summed E-state index contributed by atoms with van der Waals surface area (Å²) in [5, 5.41) is 11.8. The quantitative estimate of drug-likeness (QED) is 0.610. The van der Waals surface area contributed by atoms with Crippen LogP contribution in [-0.4, -0.2) is 29.4 Å². The molecular weight excluding hydrogens is 321 g/mol. The van der Waals surface area contributed by atoms with Crippen LogP contribution in [0.4, 0.5) is 4.79 Å². The molecule has 0 aliphatic rings. The maximum absolute atomic E-state index is 11.2. The van der Waals surface area contributed by atoms with Crippen molar-refractivity contribution in [3.05, 3.63) is 9.66 Å². The summed E-state index contributed by atoms with van der Waals surface area (Å²) in [4.78, 5) is 11.2. The Kier molecular flexibility index (Phi) is 6.98. The molecule has 94 valence electrons. The third-order valence-corrected chi connectivity index (χ3v) is 2.89. The molecule has 0 aliphatic heterocycles. The Balaban J connectivity index is 3.76. The molecule has 2 N–H and O–H groups in total. The van der Waals surface area contributed by atoms with Crippen LogP contribution in [0.3, 0.4) is 0 Å². The molecule has 0 rings (SSSR count). The second-order valence-corrected chi connectivity index (χ2v) is 5.73. The Hall–Kier alpha value is -0.300. The zero-order chi connectivity index (χ0) is 12.8. The molecule has 1 amide bonds. The molecule has 0 aromatic carbocycles. The SMILES string of the molecule is C[C@H](O)/C(I)=C/CCNC(=O)OC(C)(C)C. The average molecular weight is 341 g/mol. The molecule has 0 aromatic rings. The molecule has 0 saturated heterocycles. The van der Waals surface area contributed by atoms with Crippen LogP contribution >= 0.6 is 22.6 Å². The maximum atomic E-state index is 11.2. The molecule has 0 radical (unpaired) electrons. The van der Waals surface area contributed by atoms with Crippen molar-refractivity contribution < 1.29 is 14.6 Å². The van der Waals surface area contributed by atoms with Gasteiger partial charge in [0.2, 0.25) is 0 Å². The Labute approximate surface area is 111 Å². The van der Waals surface area contributed by atoms with Crippen molar-refractivity contribution in [1.29, 1.82) is 0 Å². The third kappa shape index (κ3) is 8.96. The van der Waals surface area contributed by atoms with Gasteiger partial charge in [-0.15, -0.1) is 0 Å². The van der Waals surface area contributed by atoms with E-state index >= 15 is 0 Å². The number of aliphatic hydroxyl groups excluding tert-OH is 1. The summed E-state index contributed by atoms with van der Waals surface area (Å²) in [5.74, 6) is 0. The minimum absolute atomic E-state index is 0.409. The minimum atomic E-state index is -0.464. The highest BCUT2D eigenvalue weighted by atomic mass is 127. The van der Waals surface area contributed by atoms with Crippen LogP contribution < -0.4 is 5.32 Å². The highest BCUT2D eigenvalue weighted by Gasteiger charge is 2.15. The highest BCUT2D eigenvalue weighted by molar-refractivity contribution is 14.1. The highest BCUT2D eigenvalue weighted by Crippen LogP contribution is 2.11. The first kappa shape index (κ1) is 15.7. The number of halogens is 1. The summed E-state index contributed by atoms with van der Waals surface area (Å²) in [6.07, 6.45) is 1.72. The zero-order valence-corrected chi connectivity index (χ0v) is 12.4. The van der Waals surface area contributed by atoms with Gasteiger partial charge in [-0.2, -0.15) is 0 Å². The standard InChI is InChI=1S/C11H20INO3/c1-8(14)9(12)6-5-7-13-10(15)16-11(2,3)4/h6,8,14H,5,7H2,1-4H3,(H,13,15)/b9-6-/t8-/m0/s1. The van der Waals surface area contributed by atoms with Crippen LogP contribution in [0.25, 0.3) is 0 Å². The Bertz CT molecular complexity index is 256. The van der Waals surface area contributed by atoms with E-state index in [4.69, 9.17) is 4.74 Å². The van der Waals surface area contributed by atoms with Gasteiger partial charge in [0.05, 0.1) is 6.10 Å². The molecule has 0 heterocycles. The van der Waals surface area contributed by atoms with E-state index in [0.717, 1.165) is 3.58 Å². The molecule has 1 atom stereocenters. The van der Waals surface area contributed by atoms with Gasteiger partial charge in [-0.05, 0) is 56.7 Å². The summed E-state index contributed by atoms with van der Waals surface area (Å²) < 4.78 is 5.95. The number of rotatable bonds is 4. The van der Waals surface area contributed by atoms with E-state index < -0.39 is 17.8 Å². The van der Waals surface area contributed by atoms with Gasteiger partial charge in [-0.1, -0.05) is 6.08 Å². The molecule has 0 spiro atoms. The molecule has 4 nitrogen and oxygen atoms in total. The number of carbonyl (C=O) groups is 1. The van der Waals surface area contributed by atoms with Gasteiger partial charge in [0.25, 0.3) is 0 Å². The fourth-order valence-corrected chi connectivity index (χ4v) is 1.18. The summed E-state index contributed by atoms with van der Waals surface area (Å²) >= 11 is 2.08. The summed E-state index contributed by atoms with van der Waals surface area (Å²) in [7, 11) is 0. The van der Waals surface area contributed by atoms with E-state index in [9.17, 15) is 9.90 Å². The van der Waals surface area contributed by atoms with Crippen LogP contribution in [0.1, 0.15) is 34.1 Å². The molecular formula is C11H20INO3. The van der Waals surface area contributed by atoms with Crippen LogP contribution in [-0.2, 0) is 4.74 Å². The number of ether oxygens (including phenoxy) is 1. The van der Waals surface area contributed by atoms with E-state index in [2.05, 4.69) is 27.9 Å². The first-order valence-corrected chi connectivity index (χ1v) is 6.30. The number of hydrogen-bond acceptors (Lipinski definition) is 3. The largest absolute Gasteiger partial charge is 0.444 e. The molecule has 16 heavy (non-hydrogen) atoms. The molecule has 0 aliphatic carbocycles. The predicted octanol–water partition coefficient (Wildman–Crippen LogP) is 2.60. The number of amides is 1. The van der Waals surface area contributed by atoms with Crippen molar-refractivity contribution in [3.63, 3.8) is 0 Å². The number of aliphatic hydroxyl groups is 1. The molecule has 0 aromatic heterocycles. The average Bonchev–Trinajstić information content (AvgIpc) is 2.08. The van der Waals surface area contributed by atoms with E-state index in [1.165, 1.54) is 0 Å². The lowest BCUT2D eigenvalue weighted by atomic mass is 10.2. The Morgan fingerprint density at radius 3 is 2.56 bits per heavy atom. The van der Waals surface area contributed by atoms with Gasteiger partial charge in [0.1, 0.15) is 5.60 Å². The summed E-state index contributed by atoms with van der Waals surface area (Å²) in [6, 6.07) is 0. The number of alkyl carbamates (subject to hydrolysis) is 1. The number of nitrogens with one attached hydrogen (secondary N) is 1. The zero-order valence-electron chi connectivity index (χ0n) is 10.2. The lowest BCUT2D eigenvalue weighted by molar-refractivity contribution is 0.0529. The first-order chi connectivity index (χ1) is 7.22. The fourth-order valence-electron chi connectivity index (χ4n) is 0.869. The van der Waals surface area contributed by atoms with Crippen molar-refractivity contribution in [2.75, 3.05) is 6.54 Å². The van der Waals surface area contributed by atoms with Gasteiger partial charge in [-0.3, -0.25) is 0 Å². The second kappa shape index (κ2) is 7.11. The molecule has 0 bridgehead atoms. The smallest absolute Gasteiger partial charge is 0.407 e. The van der Waals surface area contributed by atoms with Crippen molar-refractivity contribution in [3.8, 4) is 0 Å². The van der Waals surface area contributed by atoms with Gasteiger partial charge in [-0.25, -0.2) is 4.79 Å². The van der Waals surface area contributed by atoms with Crippen molar-refractivity contribution in [2.24, 2.45) is 0 Å². The van der Waals surface area contributed by atoms with Crippen LogP contribution in [0.2, 0.25) is 0 Å². The lowest BCUT2D eigenvalue weighted by Gasteiger charge is -2.19. The second-order valence-electron chi connectivity index (χ2n) is 4.48. The molecule has 0 unspecified atom stereocenters. The van der Waals surface area contributed by atoms with E-state index in [0.29, 0.717) is 13.0 Å². The summed E-state index contributed by atoms with van der Waals surface area (Å²) in [5.41, 5.74) is -0.464. The van der Waals surface area contributed by atoms with Crippen LogP contribution in [0, 0.1) is 0 Å². The molecule has 0 saturated carbocycles. The van der Waals surface area contributed by atoms with Crippen molar-refractivity contribution >= 4 is 28.7 Å².